The molecule has 3 heteroatoms. The van der Waals surface area contributed by atoms with Crippen molar-refractivity contribution in [2.75, 3.05) is 6.61 Å². The van der Waals surface area contributed by atoms with E-state index < -0.39 is 0 Å². The molecule has 0 aliphatic rings. The summed E-state index contributed by atoms with van der Waals surface area (Å²) in [5.74, 6) is 0. The summed E-state index contributed by atoms with van der Waals surface area (Å²) < 4.78 is 5.00. The van der Waals surface area contributed by atoms with Crippen molar-refractivity contribution in [3.63, 3.8) is 0 Å². The maximum Gasteiger partial charge on any atom is 0.0859 e. The van der Waals surface area contributed by atoms with Crippen LogP contribution in [0.15, 0.2) is 17.8 Å². The Balaban J connectivity index is 3.16. The van der Waals surface area contributed by atoms with E-state index in [1.807, 2.05) is 6.92 Å². The van der Waals surface area contributed by atoms with Crippen LogP contribution in [0.4, 0.5) is 0 Å². The predicted molar refractivity (Wildman–Crippen MR) is 35.9 cm³/mol. The summed E-state index contributed by atoms with van der Waals surface area (Å²) >= 11 is 0. The molecule has 0 aromatic carbocycles. The van der Waals surface area contributed by atoms with Crippen LogP contribution in [0.3, 0.4) is 0 Å². The largest absolute Gasteiger partial charge is 0.411 e. The average molecular weight is 129 g/mol. The highest BCUT2D eigenvalue weighted by Gasteiger charge is 1.90. The van der Waals surface area contributed by atoms with E-state index >= 15 is 0 Å². The Morgan fingerprint density at radius 1 is 1.89 bits per heavy atom. The average Bonchev–Trinajstić information content (AvgIpc) is 1.89. The molecule has 0 heterocycles. The van der Waals surface area contributed by atoms with Crippen molar-refractivity contribution >= 4 is 6.21 Å². The van der Waals surface area contributed by atoms with Crippen LogP contribution in [0, 0.1) is 0 Å². The molecule has 0 amide bonds. The molecular weight excluding hydrogens is 118 g/mol. The van der Waals surface area contributed by atoms with Crippen molar-refractivity contribution in [1.82, 2.24) is 0 Å². The molecular formula is C6H11NO2. The highest BCUT2D eigenvalue weighted by Crippen LogP contribution is 1.87. The maximum atomic E-state index is 7.92. The minimum Gasteiger partial charge on any atom is -0.411 e. The summed E-state index contributed by atoms with van der Waals surface area (Å²) in [5, 5.41) is 10.7. The minimum atomic E-state index is 0.0167. The first-order valence-corrected chi connectivity index (χ1v) is 2.71. The lowest BCUT2D eigenvalue weighted by Gasteiger charge is -2.02. The van der Waals surface area contributed by atoms with Gasteiger partial charge in [0, 0.05) is 0 Å². The zero-order valence-electron chi connectivity index (χ0n) is 5.45. The fourth-order valence-corrected chi connectivity index (χ4v) is 0.296. The van der Waals surface area contributed by atoms with E-state index in [1.54, 1.807) is 6.08 Å². The Hall–Kier alpha value is -0.830. The molecule has 0 aliphatic carbocycles. The van der Waals surface area contributed by atoms with Gasteiger partial charge in [-0.05, 0) is 6.92 Å². The van der Waals surface area contributed by atoms with Gasteiger partial charge < -0.3 is 9.94 Å². The van der Waals surface area contributed by atoms with Crippen molar-refractivity contribution < 1.29 is 9.94 Å². The fourth-order valence-electron chi connectivity index (χ4n) is 0.296. The molecule has 0 aliphatic heterocycles. The standard InChI is InChI=1S/C6H11NO2/c1-3-6(2)9-5-4-7-8/h3-4,6,8H,1,5H2,2H3. The van der Waals surface area contributed by atoms with Crippen molar-refractivity contribution in [1.29, 1.82) is 0 Å². The summed E-state index contributed by atoms with van der Waals surface area (Å²) in [4.78, 5) is 0. The third-order valence-corrected chi connectivity index (χ3v) is 0.847. The molecule has 0 bridgehead atoms. The van der Waals surface area contributed by atoms with E-state index in [-0.39, 0.29) is 6.10 Å². The van der Waals surface area contributed by atoms with Gasteiger partial charge in [0.15, 0.2) is 0 Å². The van der Waals surface area contributed by atoms with Gasteiger partial charge in [0.05, 0.1) is 18.9 Å². The summed E-state index contributed by atoms with van der Waals surface area (Å²) in [6.45, 7) is 5.69. The van der Waals surface area contributed by atoms with E-state index in [1.165, 1.54) is 6.21 Å². The summed E-state index contributed by atoms with van der Waals surface area (Å²) in [5.41, 5.74) is 0. The van der Waals surface area contributed by atoms with Crippen molar-refractivity contribution in [2.45, 2.75) is 13.0 Å². The molecule has 9 heavy (non-hydrogen) atoms. The quantitative estimate of drug-likeness (QED) is 0.266. The SMILES string of the molecule is C=CC(C)OCC=NO. The van der Waals surface area contributed by atoms with Crippen LogP contribution in [0.25, 0.3) is 0 Å². The molecule has 1 atom stereocenters. The number of rotatable bonds is 4. The number of hydrogen-bond donors (Lipinski definition) is 1. The zero-order valence-corrected chi connectivity index (χ0v) is 5.45. The van der Waals surface area contributed by atoms with Crippen molar-refractivity contribution in [3.05, 3.63) is 12.7 Å². The Morgan fingerprint density at radius 2 is 2.56 bits per heavy atom. The summed E-state index contributed by atoms with van der Waals surface area (Å²) in [6, 6.07) is 0. The van der Waals surface area contributed by atoms with E-state index in [4.69, 9.17) is 9.94 Å². The fraction of sp³-hybridized carbons (Fsp3) is 0.500. The normalized spacial score (nSPS) is 13.9. The first kappa shape index (κ1) is 8.17. The lowest BCUT2D eigenvalue weighted by Crippen LogP contribution is -2.05. The highest BCUT2D eigenvalue weighted by molar-refractivity contribution is 5.57. The lowest BCUT2D eigenvalue weighted by atomic mass is 10.4. The number of nitrogens with zero attached hydrogens (tertiary/aromatic N) is 1. The van der Waals surface area contributed by atoms with Crippen LogP contribution in [0.2, 0.25) is 0 Å². The molecule has 3 nitrogen and oxygen atoms in total. The second-order valence-corrected chi connectivity index (χ2v) is 1.57. The van der Waals surface area contributed by atoms with Crippen LogP contribution in [-0.4, -0.2) is 24.1 Å². The van der Waals surface area contributed by atoms with Gasteiger partial charge in [0.25, 0.3) is 0 Å². The van der Waals surface area contributed by atoms with Gasteiger partial charge in [-0.2, -0.15) is 0 Å². The molecule has 0 saturated carbocycles. The Labute approximate surface area is 54.6 Å². The third-order valence-electron chi connectivity index (χ3n) is 0.847. The molecule has 0 saturated heterocycles. The Kier molecular flexibility index (Phi) is 4.82. The first-order chi connectivity index (χ1) is 4.31. The number of ether oxygens (including phenoxy) is 1. The van der Waals surface area contributed by atoms with Gasteiger partial charge in [-0.15, -0.1) is 6.58 Å². The molecule has 0 radical (unpaired) electrons. The Morgan fingerprint density at radius 3 is 3.00 bits per heavy atom. The third kappa shape index (κ3) is 5.03. The van der Waals surface area contributed by atoms with Crippen LogP contribution in [-0.2, 0) is 4.74 Å². The highest BCUT2D eigenvalue weighted by atomic mass is 16.5. The van der Waals surface area contributed by atoms with Gasteiger partial charge in [-0.1, -0.05) is 11.2 Å². The monoisotopic (exact) mass is 129 g/mol. The molecule has 1 unspecified atom stereocenters. The van der Waals surface area contributed by atoms with Crippen LogP contribution in [0.1, 0.15) is 6.92 Å². The Bertz CT molecular complexity index is 101. The zero-order chi connectivity index (χ0) is 7.11. The maximum absolute atomic E-state index is 7.92. The van der Waals surface area contributed by atoms with Gasteiger partial charge in [-0.3, -0.25) is 0 Å². The van der Waals surface area contributed by atoms with Gasteiger partial charge in [0.1, 0.15) is 0 Å². The molecule has 0 aromatic heterocycles. The van der Waals surface area contributed by atoms with E-state index in [0.29, 0.717) is 6.61 Å². The van der Waals surface area contributed by atoms with Crippen LogP contribution >= 0.6 is 0 Å². The first-order valence-electron chi connectivity index (χ1n) is 2.71. The summed E-state index contributed by atoms with van der Waals surface area (Å²) in [7, 11) is 0. The van der Waals surface area contributed by atoms with Crippen molar-refractivity contribution in [3.8, 4) is 0 Å². The van der Waals surface area contributed by atoms with E-state index in [0.717, 1.165) is 0 Å². The number of hydrogen-bond acceptors (Lipinski definition) is 3. The minimum absolute atomic E-state index is 0.0167. The molecule has 0 rings (SSSR count). The van der Waals surface area contributed by atoms with E-state index in [2.05, 4.69) is 11.7 Å². The molecule has 0 aromatic rings. The lowest BCUT2D eigenvalue weighted by molar-refractivity contribution is 0.132. The molecule has 1 N–H and O–H groups in total. The topological polar surface area (TPSA) is 41.8 Å². The van der Waals surface area contributed by atoms with Gasteiger partial charge >= 0.3 is 0 Å². The molecule has 52 valence electrons. The van der Waals surface area contributed by atoms with Gasteiger partial charge in [-0.25, -0.2) is 0 Å². The second-order valence-electron chi connectivity index (χ2n) is 1.57. The van der Waals surface area contributed by atoms with E-state index in [9.17, 15) is 0 Å². The van der Waals surface area contributed by atoms with Crippen molar-refractivity contribution in [2.24, 2.45) is 5.16 Å². The molecule has 0 fully saturated rings. The van der Waals surface area contributed by atoms with Gasteiger partial charge in [0.2, 0.25) is 0 Å². The van der Waals surface area contributed by atoms with Crippen LogP contribution < -0.4 is 0 Å². The summed E-state index contributed by atoms with van der Waals surface area (Å²) in [6.07, 6.45) is 2.97. The smallest absolute Gasteiger partial charge is 0.0859 e. The van der Waals surface area contributed by atoms with Crippen LogP contribution in [0.5, 0.6) is 0 Å². The number of oxime groups is 1. The molecule has 0 spiro atoms. The second kappa shape index (κ2) is 5.31. The predicted octanol–water partition coefficient (Wildman–Crippen LogP) is 1.04.